The first-order chi connectivity index (χ1) is 8.88. The van der Waals surface area contributed by atoms with Gasteiger partial charge in [-0.2, -0.15) is 0 Å². The zero-order valence-electron chi connectivity index (χ0n) is 12.9. The topological polar surface area (TPSA) is 46.3 Å². The number of nitrogens with two attached hydrogens (primary N) is 1. The summed E-state index contributed by atoms with van der Waals surface area (Å²) in [6.45, 7) is 8.23. The maximum Gasteiger partial charge on any atom is 0.223 e. The first kappa shape index (κ1) is 14.8. The molecule has 2 fully saturated rings. The Morgan fingerprint density at radius 1 is 1.26 bits per heavy atom. The molecule has 1 heterocycles. The highest BCUT2D eigenvalue weighted by atomic mass is 16.2. The van der Waals surface area contributed by atoms with Crippen LogP contribution in [0.1, 0.15) is 65.7 Å². The summed E-state index contributed by atoms with van der Waals surface area (Å²) >= 11 is 0. The molecule has 1 unspecified atom stereocenters. The minimum atomic E-state index is 0.0287. The first-order valence-corrected chi connectivity index (χ1v) is 7.89. The van der Waals surface area contributed by atoms with Crippen LogP contribution in [0.5, 0.6) is 0 Å². The fraction of sp³-hybridized carbons (Fsp3) is 0.938. The van der Waals surface area contributed by atoms with Gasteiger partial charge < -0.3 is 10.6 Å². The molecule has 2 rings (SSSR count). The van der Waals surface area contributed by atoms with Crippen molar-refractivity contribution < 1.29 is 4.79 Å². The molecule has 0 bridgehead atoms. The van der Waals surface area contributed by atoms with Crippen LogP contribution in [0.3, 0.4) is 0 Å². The number of carbonyl (C=O) groups is 1. The normalized spacial score (nSPS) is 29.5. The largest absolute Gasteiger partial charge is 0.337 e. The van der Waals surface area contributed by atoms with Gasteiger partial charge in [-0.1, -0.05) is 26.2 Å². The van der Waals surface area contributed by atoms with E-state index in [9.17, 15) is 4.79 Å². The predicted octanol–water partition coefficient (Wildman–Crippen LogP) is 2.93. The summed E-state index contributed by atoms with van der Waals surface area (Å²) in [7, 11) is 0. The second kappa shape index (κ2) is 5.43. The van der Waals surface area contributed by atoms with Crippen LogP contribution < -0.4 is 5.73 Å². The van der Waals surface area contributed by atoms with E-state index in [0.717, 1.165) is 25.8 Å². The Hall–Kier alpha value is -0.570. The molecule has 3 nitrogen and oxygen atoms in total. The number of hydrogen-bond donors (Lipinski definition) is 1. The van der Waals surface area contributed by atoms with Crippen molar-refractivity contribution in [2.45, 2.75) is 71.3 Å². The van der Waals surface area contributed by atoms with E-state index in [1.165, 1.54) is 19.3 Å². The summed E-state index contributed by atoms with van der Waals surface area (Å²) in [6.07, 6.45) is 7.85. The van der Waals surface area contributed by atoms with Crippen molar-refractivity contribution in [3.05, 3.63) is 0 Å². The molecule has 0 radical (unpaired) electrons. The zero-order valence-corrected chi connectivity index (χ0v) is 12.9. The molecule has 0 spiro atoms. The van der Waals surface area contributed by atoms with Gasteiger partial charge >= 0.3 is 0 Å². The Morgan fingerprint density at radius 3 is 2.37 bits per heavy atom. The molecule has 1 saturated heterocycles. The number of hydrogen-bond acceptors (Lipinski definition) is 2. The van der Waals surface area contributed by atoms with Crippen LogP contribution in [0.4, 0.5) is 0 Å². The Balaban J connectivity index is 2.03. The second-order valence-electron chi connectivity index (χ2n) is 7.57. The van der Waals surface area contributed by atoms with Crippen molar-refractivity contribution in [2.75, 3.05) is 13.1 Å². The van der Waals surface area contributed by atoms with Crippen LogP contribution in [0.25, 0.3) is 0 Å². The molecule has 1 amide bonds. The van der Waals surface area contributed by atoms with Crippen LogP contribution in [0, 0.1) is 11.3 Å². The van der Waals surface area contributed by atoms with E-state index in [1.807, 2.05) is 0 Å². The number of rotatable bonds is 3. The molecule has 1 aliphatic carbocycles. The molecule has 2 N–H and O–H groups in total. The monoisotopic (exact) mass is 266 g/mol. The van der Waals surface area contributed by atoms with E-state index in [-0.39, 0.29) is 11.0 Å². The van der Waals surface area contributed by atoms with Crippen molar-refractivity contribution in [2.24, 2.45) is 17.1 Å². The Morgan fingerprint density at radius 2 is 1.89 bits per heavy atom. The lowest BCUT2D eigenvalue weighted by Gasteiger charge is -2.39. The number of carbonyl (C=O) groups excluding carboxylic acids is 1. The highest BCUT2D eigenvalue weighted by Crippen LogP contribution is 2.41. The van der Waals surface area contributed by atoms with E-state index < -0.39 is 0 Å². The number of amides is 1. The van der Waals surface area contributed by atoms with E-state index in [0.29, 0.717) is 24.8 Å². The fourth-order valence-electron chi connectivity index (χ4n) is 4.20. The predicted molar refractivity (Wildman–Crippen MR) is 78.8 cm³/mol. The summed E-state index contributed by atoms with van der Waals surface area (Å²) in [6, 6.07) is 0. The molecule has 3 heteroatoms. The highest BCUT2D eigenvalue weighted by molar-refractivity contribution is 5.78. The van der Waals surface area contributed by atoms with Crippen LogP contribution in [0.15, 0.2) is 0 Å². The van der Waals surface area contributed by atoms with Crippen molar-refractivity contribution in [1.29, 1.82) is 0 Å². The van der Waals surface area contributed by atoms with Crippen LogP contribution in [-0.4, -0.2) is 29.4 Å². The lowest BCUT2D eigenvalue weighted by Crippen LogP contribution is -2.46. The third-order valence-electron chi connectivity index (χ3n) is 5.25. The Labute approximate surface area is 117 Å². The van der Waals surface area contributed by atoms with Gasteiger partial charge in [0.05, 0.1) is 0 Å². The van der Waals surface area contributed by atoms with Gasteiger partial charge in [0.2, 0.25) is 5.91 Å². The molecule has 19 heavy (non-hydrogen) atoms. The van der Waals surface area contributed by atoms with Gasteiger partial charge in [0, 0.05) is 18.5 Å². The molecule has 2 aliphatic rings. The van der Waals surface area contributed by atoms with E-state index in [4.69, 9.17) is 5.73 Å². The Bertz CT molecular complexity index is 332. The van der Waals surface area contributed by atoms with Gasteiger partial charge in [0.25, 0.3) is 0 Å². The number of nitrogens with zero attached hydrogens (tertiary/aromatic N) is 1. The van der Waals surface area contributed by atoms with E-state index in [1.54, 1.807) is 0 Å². The molecule has 1 saturated carbocycles. The third kappa shape index (κ3) is 3.13. The second-order valence-corrected chi connectivity index (χ2v) is 7.57. The van der Waals surface area contributed by atoms with Crippen LogP contribution in [-0.2, 0) is 4.79 Å². The summed E-state index contributed by atoms with van der Waals surface area (Å²) in [5.74, 6) is 0.959. The molecule has 1 aliphatic heterocycles. The lowest BCUT2D eigenvalue weighted by atomic mass is 9.71. The molecule has 1 atom stereocenters. The van der Waals surface area contributed by atoms with Gasteiger partial charge in [-0.05, 0) is 51.0 Å². The van der Waals surface area contributed by atoms with Gasteiger partial charge in [-0.15, -0.1) is 0 Å². The molecular weight excluding hydrogens is 236 g/mol. The van der Waals surface area contributed by atoms with Crippen molar-refractivity contribution >= 4 is 5.91 Å². The average molecular weight is 266 g/mol. The maximum absolute atomic E-state index is 12.7. The lowest BCUT2D eigenvalue weighted by molar-refractivity contribution is -0.137. The molecular formula is C16H30N2O. The van der Waals surface area contributed by atoms with E-state index in [2.05, 4.69) is 25.7 Å². The van der Waals surface area contributed by atoms with Crippen LogP contribution >= 0.6 is 0 Å². The van der Waals surface area contributed by atoms with E-state index >= 15 is 0 Å². The van der Waals surface area contributed by atoms with Gasteiger partial charge in [-0.25, -0.2) is 0 Å². The van der Waals surface area contributed by atoms with Crippen molar-refractivity contribution in [3.63, 3.8) is 0 Å². The SMILES string of the molecule is CC1CN(C(=O)CC2(CN)CCCCC2)C(C)(C)C1. The summed E-state index contributed by atoms with van der Waals surface area (Å²) in [5.41, 5.74) is 6.13. The standard InChI is InChI=1S/C16H30N2O/c1-13-9-15(2,3)18(11-13)14(19)10-16(12-17)7-5-4-6-8-16/h13H,4-12,17H2,1-3H3. The Kier molecular flexibility index (Phi) is 4.24. The number of likely N-dealkylation sites (tertiary alicyclic amines) is 1. The summed E-state index contributed by atoms with van der Waals surface area (Å²) in [4.78, 5) is 14.8. The minimum Gasteiger partial charge on any atom is -0.337 e. The average Bonchev–Trinajstić information content (AvgIpc) is 2.63. The molecule has 110 valence electrons. The fourth-order valence-corrected chi connectivity index (χ4v) is 4.20. The van der Waals surface area contributed by atoms with Gasteiger partial charge in [0.15, 0.2) is 0 Å². The zero-order chi connectivity index (χ0) is 14.1. The maximum atomic E-state index is 12.7. The van der Waals surface area contributed by atoms with Crippen molar-refractivity contribution in [1.82, 2.24) is 4.90 Å². The summed E-state index contributed by atoms with van der Waals surface area (Å²) < 4.78 is 0. The van der Waals surface area contributed by atoms with Gasteiger partial charge in [0.1, 0.15) is 0 Å². The molecule has 0 aromatic carbocycles. The smallest absolute Gasteiger partial charge is 0.223 e. The third-order valence-corrected chi connectivity index (χ3v) is 5.25. The van der Waals surface area contributed by atoms with Gasteiger partial charge in [-0.3, -0.25) is 4.79 Å². The summed E-state index contributed by atoms with van der Waals surface area (Å²) in [5, 5.41) is 0. The quantitative estimate of drug-likeness (QED) is 0.853. The minimum absolute atomic E-state index is 0.0287. The first-order valence-electron chi connectivity index (χ1n) is 7.89. The molecule has 0 aromatic heterocycles. The van der Waals surface area contributed by atoms with Crippen molar-refractivity contribution in [3.8, 4) is 0 Å². The van der Waals surface area contributed by atoms with Crippen LogP contribution in [0.2, 0.25) is 0 Å². The molecule has 0 aromatic rings. The highest BCUT2D eigenvalue weighted by Gasteiger charge is 2.42.